The fourth-order valence-corrected chi connectivity index (χ4v) is 1.82. The molecule has 2 rings (SSSR count). The Labute approximate surface area is 108 Å². The second kappa shape index (κ2) is 5.16. The van der Waals surface area contributed by atoms with Crippen LogP contribution in [0, 0.1) is 0 Å². The highest BCUT2D eigenvalue weighted by molar-refractivity contribution is 6.30. The van der Waals surface area contributed by atoms with E-state index in [-0.39, 0.29) is 6.54 Å². The third kappa shape index (κ3) is 3.36. The van der Waals surface area contributed by atoms with Crippen molar-refractivity contribution in [3.63, 3.8) is 0 Å². The molecule has 1 unspecified atom stereocenters. The van der Waals surface area contributed by atoms with Crippen LogP contribution in [0.4, 0.5) is 8.78 Å². The van der Waals surface area contributed by atoms with Crippen LogP contribution < -0.4 is 10.6 Å². The van der Waals surface area contributed by atoms with E-state index in [0.717, 1.165) is 0 Å². The lowest BCUT2D eigenvalue weighted by Crippen LogP contribution is -2.40. The van der Waals surface area contributed by atoms with Crippen LogP contribution in [0.5, 0.6) is 0 Å². The molecule has 18 heavy (non-hydrogen) atoms. The third-order valence-corrected chi connectivity index (χ3v) is 2.88. The molecule has 1 amide bonds. The summed E-state index contributed by atoms with van der Waals surface area (Å²) in [7, 11) is 0. The highest BCUT2D eigenvalue weighted by Crippen LogP contribution is 2.25. The van der Waals surface area contributed by atoms with Gasteiger partial charge in [-0.05, 0) is 12.1 Å². The van der Waals surface area contributed by atoms with Gasteiger partial charge >= 0.3 is 0 Å². The van der Waals surface area contributed by atoms with E-state index in [1.165, 1.54) is 6.20 Å². The summed E-state index contributed by atoms with van der Waals surface area (Å²) in [4.78, 5) is 15.6. The first-order valence-electron chi connectivity index (χ1n) is 5.46. The fourth-order valence-electron chi connectivity index (χ4n) is 1.71. The number of carbonyl (C=O) groups excluding carboxylic acids is 1. The van der Waals surface area contributed by atoms with Crippen LogP contribution in [-0.2, 0) is 11.3 Å². The minimum Gasteiger partial charge on any atom is -0.349 e. The highest BCUT2D eigenvalue weighted by Gasteiger charge is 2.42. The molecular weight excluding hydrogens is 264 g/mol. The van der Waals surface area contributed by atoms with Crippen molar-refractivity contribution in [1.29, 1.82) is 0 Å². The molecule has 0 saturated carbocycles. The lowest BCUT2D eigenvalue weighted by Gasteiger charge is -2.10. The molecular formula is C11H12ClF2N3O. The summed E-state index contributed by atoms with van der Waals surface area (Å²) in [6.07, 6.45) is 0.998. The first-order valence-corrected chi connectivity index (χ1v) is 5.83. The molecule has 0 radical (unpaired) electrons. The zero-order chi connectivity index (χ0) is 13.2. The Morgan fingerprint density at radius 1 is 1.61 bits per heavy atom. The van der Waals surface area contributed by atoms with Gasteiger partial charge in [-0.2, -0.15) is 0 Å². The zero-order valence-electron chi connectivity index (χ0n) is 9.42. The molecule has 1 aromatic rings. The Morgan fingerprint density at radius 3 is 2.94 bits per heavy atom. The van der Waals surface area contributed by atoms with Crippen molar-refractivity contribution in [2.45, 2.75) is 24.9 Å². The number of carbonyl (C=O) groups is 1. The van der Waals surface area contributed by atoms with E-state index in [0.29, 0.717) is 10.7 Å². The molecule has 7 heteroatoms. The van der Waals surface area contributed by atoms with Crippen molar-refractivity contribution in [3.8, 4) is 0 Å². The number of alkyl halides is 2. The van der Waals surface area contributed by atoms with Crippen molar-refractivity contribution in [1.82, 2.24) is 15.6 Å². The Kier molecular flexibility index (Phi) is 3.77. The van der Waals surface area contributed by atoms with Crippen molar-refractivity contribution in [3.05, 3.63) is 29.0 Å². The second-order valence-corrected chi connectivity index (χ2v) is 4.62. The van der Waals surface area contributed by atoms with Gasteiger partial charge in [0, 0.05) is 12.6 Å². The van der Waals surface area contributed by atoms with Gasteiger partial charge in [0.15, 0.2) is 0 Å². The standard InChI is InChI=1S/C11H12ClF2N3O/c12-7-1-2-8(15-4-7)5-16-10(18)9-3-11(13,14)6-17-9/h1-2,4,9,17H,3,5-6H2,(H,16,18). The van der Waals surface area contributed by atoms with Gasteiger partial charge in [-0.3, -0.25) is 15.1 Å². The number of rotatable bonds is 3. The number of aromatic nitrogens is 1. The number of hydrogen-bond donors (Lipinski definition) is 2. The normalized spacial score (nSPS) is 21.8. The van der Waals surface area contributed by atoms with Crippen LogP contribution in [-0.4, -0.2) is 29.4 Å². The van der Waals surface area contributed by atoms with Gasteiger partial charge in [-0.15, -0.1) is 0 Å². The average molecular weight is 276 g/mol. The zero-order valence-corrected chi connectivity index (χ0v) is 10.2. The number of amides is 1. The molecule has 1 aliphatic rings. The lowest BCUT2D eigenvalue weighted by atomic mass is 10.2. The number of pyridine rings is 1. The van der Waals surface area contributed by atoms with Crippen LogP contribution >= 0.6 is 11.6 Å². The van der Waals surface area contributed by atoms with E-state index in [9.17, 15) is 13.6 Å². The van der Waals surface area contributed by atoms with Gasteiger partial charge in [-0.25, -0.2) is 8.78 Å². The summed E-state index contributed by atoms with van der Waals surface area (Å²) in [6, 6.07) is 2.48. The first-order chi connectivity index (χ1) is 8.46. The lowest BCUT2D eigenvalue weighted by molar-refractivity contribution is -0.123. The summed E-state index contributed by atoms with van der Waals surface area (Å²) < 4.78 is 25.8. The summed E-state index contributed by atoms with van der Waals surface area (Å²) in [6.45, 7) is -0.260. The Balaban J connectivity index is 1.84. The molecule has 2 N–H and O–H groups in total. The maximum Gasteiger partial charge on any atom is 0.262 e. The number of hydrogen-bond acceptors (Lipinski definition) is 3. The van der Waals surface area contributed by atoms with Crippen LogP contribution in [0.3, 0.4) is 0 Å². The molecule has 1 aromatic heterocycles. The summed E-state index contributed by atoms with van der Waals surface area (Å²) in [5.41, 5.74) is 0.623. The minimum absolute atomic E-state index is 0.194. The molecule has 0 aliphatic carbocycles. The molecule has 1 atom stereocenters. The van der Waals surface area contributed by atoms with Crippen LogP contribution in [0.2, 0.25) is 5.02 Å². The largest absolute Gasteiger partial charge is 0.349 e. The SMILES string of the molecule is O=C(NCc1ccc(Cl)cn1)C1CC(F)(F)CN1. The van der Waals surface area contributed by atoms with Crippen molar-refractivity contribution < 1.29 is 13.6 Å². The Hall–Kier alpha value is -1.27. The number of nitrogens with one attached hydrogen (secondary N) is 2. The van der Waals surface area contributed by atoms with E-state index >= 15 is 0 Å². The van der Waals surface area contributed by atoms with Crippen molar-refractivity contribution >= 4 is 17.5 Å². The topological polar surface area (TPSA) is 54.0 Å². The highest BCUT2D eigenvalue weighted by atomic mass is 35.5. The molecule has 1 fully saturated rings. The van der Waals surface area contributed by atoms with Gasteiger partial charge in [0.05, 0.1) is 29.8 Å². The Bertz CT molecular complexity index is 438. The quantitative estimate of drug-likeness (QED) is 0.875. The monoisotopic (exact) mass is 275 g/mol. The van der Waals surface area contributed by atoms with Gasteiger partial charge in [0.25, 0.3) is 5.92 Å². The molecule has 2 heterocycles. The van der Waals surface area contributed by atoms with E-state index < -0.39 is 30.8 Å². The van der Waals surface area contributed by atoms with E-state index in [4.69, 9.17) is 11.6 Å². The van der Waals surface area contributed by atoms with E-state index in [2.05, 4.69) is 15.6 Å². The fraction of sp³-hybridized carbons (Fsp3) is 0.455. The predicted octanol–water partition coefficient (Wildman–Crippen LogP) is 1.35. The third-order valence-electron chi connectivity index (χ3n) is 2.66. The van der Waals surface area contributed by atoms with E-state index in [1.54, 1.807) is 12.1 Å². The molecule has 1 aliphatic heterocycles. The smallest absolute Gasteiger partial charge is 0.262 e. The van der Waals surface area contributed by atoms with Gasteiger partial charge in [0.1, 0.15) is 0 Å². The summed E-state index contributed by atoms with van der Waals surface area (Å²) >= 11 is 5.67. The predicted molar refractivity (Wildman–Crippen MR) is 62.4 cm³/mol. The van der Waals surface area contributed by atoms with Crippen LogP contribution in [0.1, 0.15) is 12.1 Å². The average Bonchev–Trinajstić information content (AvgIpc) is 2.69. The maximum atomic E-state index is 12.9. The number of halogens is 3. The molecule has 0 bridgehead atoms. The maximum absolute atomic E-state index is 12.9. The first kappa shape index (κ1) is 13.2. The molecule has 4 nitrogen and oxygen atoms in total. The molecule has 98 valence electrons. The second-order valence-electron chi connectivity index (χ2n) is 4.18. The van der Waals surface area contributed by atoms with Gasteiger partial charge in [0.2, 0.25) is 5.91 Å². The van der Waals surface area contributed by atoms with Gasteiger partial charge in [-0.1, -0.05) is 11.6 Å². The minimum atomic E-state index is -2.81. The number of nitrogens with zero attached hydrogens (tertiary/aromatic N) is 1. The molecule has 1 saturated heterocycles. The van der Waals surface area contributed by atoms with Gasteiger partial charge < -0.3 is 5.32 Å². The van der Waals surface area contributed by atoms with Crippen molar-refractivity contribution in [2.75, 3.05) is 6.54 Å². The van der Waals surface area contributed by atoms with Crippen molar-refractivity contribution in [2.24, 2.45) is 0 Å². The Morgan fingerprint density at radius 2 is 2.39 bits per heavy atom. The summed E-state index contributed by atoms with van der Waals surface area (Å²) in [5.74, 6) is -3.25. The van der Waals surface area contributed by atoms with E-state index in [1.807, 2.05) is 0 Å². The summed E-state index contributed by atoms with van der Waals surface area (Å²) in [5, 5.41) is 5.55. The molecule has 0 aromatic carbocycles. The molecule has 0 spiro atoms. The van der Waals surface area contributed by atoms with Crippen LogP contribution in [0.15, 0.2) is 18.3 Å². The van der Waals surface area contributed by atoms with Crippen LogP contribution in [0.25, 0.3) is 0 Å².